The van der Waals surface area contributed by atoms with Crippen LogP contribution in [0.1, 0.15) is 0 Å². The molecule has 116 valence electrons. The van der Waals surface area contributed by atoms with Crippen molar-refractivity contribution in [3.05, 3.63) is 83.5 Å². The highest BCUT2D eigenvalue weighted by Crippen LogP contribution is 2.28. The van der Waals surface area contributed by atoms with Gasteiger partial charge in [-0.1, -0.05) is 18.2 Å². The van der Waals surface area contributed by atoms with Gasteiger partial charge in [0.1, 0.15) is 5.82 Å². The molecule has 0 atom stereocenters. The lowest BCUT2D eigenvalue weighted by molar-refractivity contribution is 0.465. The Kier molecular flexibility index (Phi) is 3.31. The van der Waals surface area contributed by atoms with Gasteiger partial charge in [-0.25, -0.2) is 4.98 Å². The van der Waals surface area contributed by atoms with Gasteiger partial charge in [0.25, 0.3) is 0 Å². The zero-order valence-corrected chi connectivity index (χ0v) is 12.6. The third-order valence-electron chi connectivity index (χ3n) is 3.87. The molecule has 0 amide bonds. The van der Waals surface area contributed by atoms with E-state index in [-0.39, 0.29) is 5.75 Å². The zero-order valence-electron chi connectivity index (χ0n) is 12.6. The largest absolute Gasteiger partial charge is 0.503 e. The maximum atomic E-state index is 11.3. The second-order valence-electron chi connectivity index (χ2n) is 5.38. The molecule has 5 heteroatoms. The molecule has 0 bridgehead atoms. The first-order valence-electron chi connectivity index (χ1n) is 7.44. The molecule has 0 aliphatic carbocycles. The minimum Gasteiger partial charge on any atom is -0.503 e. The van der Waals surface area contributed by atoms with Gasteiger partial charge in [0, 0.05) is 30.0 Å². The standard InChI is InChI=1S/C19H13N3O2/c23-17-7-10-22(12-18(17)24)19-11-13(6-9-21-19)14-3-1-5-16-15(14)4-2-8-20-16/h1-12,24H. The maximum absolute atomic E-state index is 11.3. The second kappa shape index (κ2) is 5.62. The van der Waals surface area contributed by atoms with Crippen LogP contribution in [0.3, 0.4) is 0 Å². The Hall–Kier alpha value is -3.47. The summed E-state index contributed by atoms with van der Waals surface area (Å²) in [4.78, 5) is 20.0. The van der Waals surface area contributed by atoms with Crippen LogP contribution in [0.4, 0.5) is 0 Å². The maximum Gasteiger partial charge on any atom is 0.223 e. The summed E-state index contributed by atoms with van der Waals surface area (Å²) in [6.45, 7) is 0. The number of hydrogen-bond acceptors (Lipinski definition) is 4. The summed E-state index contributed by atoms with van der Waals surface area (Å²) in [5, 5.41) is 10.7. The highest BCUT2D eigenvalue weighted by Gasteiger charge is 2.07. The van der Waals surface area contributed by atoms with Gasteiger partial charge in [-0.15, -0.1) is 0 Å². The van der Waals surface area contributed by atoms with Crippen molar-refractivity contribution in [2.75, 3.05) is 0 Å². The molecule has 0 fully saturated rings. The average Bonchev–Trinajstić information content (AvgIpc) is 2.63. The van der Waals surface area contributed by atoms with Crippen molar-refractivity contribution in [2.24, 2.45) is 0 Å². The quantitative estimate of drug-likeness (QED) is 0.617. The highest BCUT2D eigenvalue weighted by atomic mass is 16.3. The van der Waals surface area contributed by atoms with Gasteiger partial charge in [0.15, 0.2) is 5.75 Å². The van der Waals surface area contributed by atoms with Gasteiger partial charge in [0.05, 0.1) is 11.7 Å². The number of benzene rings is 1. The van der Waals surface area contributed by atoms with Crippen LogP contribution >= 0.6 is 0 Å². The zero-order chi connectivity index (χ0) is 16.5. The minimum absolute atomic E-state index is 0.306. The predicted molar refractivity (Wildman–Crippen MR) is 92.2 cm³/mol. The fourth-order valence-electron chi connectivity index (χ4n) is 2.70. The van der Waals surface area contributed by atoms with Crippen molar-refractivity contribution in [3.8, 4) is 22.7 Å². The van der Waals surface area contributed by atoms with Crippen molar-refractivity contribution in [3.63, 3.8) is 0 Å². The van der Waals surface area contributed by atoms with E-state index in [2.05, 4.69) is 9.97 Å². The number of fused-ring (bicyclic) bond motifs is 1. The van der Waals surface area contributed by atoms with Gasteiger partial charge in [-0.2, -0.15) is 0 Å². The normalized spacial score (nSPS) is 10.8. The lowest BCUT2D eigenvalue weighted by atomic mass is 10.0. The number of pyridine rings is 3. The molecule has 0 saturated carbocycles. The first-order chi connectivity index (χ1) is 11.7. The Balaban J connectivity index is 1.88. The summed E-state index contributed by atoms with van der Waals surface area (Å²) in [6, 6.07) is 15.1. The summed E-state index contributed by atoms with van der Waals surface area (Å²) in [7, 11) is 0. The number of hydrogen-bond donors (Lipinski definition) is 1. The molecule has 3 heterocycles. The molecule has 0 radical (unpaired) electrons. The molecule has 0 aliphatic heterocycles. The summed E-state index contributed by atoms with van der Waals surface area (Å²) >= 11 is 0. The summed E-state index contributed by atoms with van der Waals surface area (Å²) in [6.07, 6.45) is 6.42. The van der Waals surface area contributed by atoms with E-state index in [1.165, 1.54) is 12.3 Å². The van der Waals surface area contributed by atoms with Gasteiger partial charge in [0.2, 0.25) is 5.43 Å². The molecule has 1 N–H and O–H groups in total. The molecule has 4 aromatic rings. The van der Waals surface area contributed by atoms with Crippen LogP contribution in [0.2, 0.25) is 0 Å². The SMILES string of the molecule is O=c1ccn(-c2cc(-c3cccc4ncccc34)ccn2)cc1O. The van der Waals surface area contributed by atoms with E-state index in [1.54, 1.807) is 23.2 Å². The number of aromatic hydroxyl groups is 1. The highest BCUT2D eigenvalue weighted by molar-refractivity contribution is 5.94. The van der Waals surface area contributed by atoms with Crippen LogP contribution in [-0.4, -0.2) is 19.6 Å². The van der Waals surface area contributed by atoms with Crippen LogP contribution in [-0.2, 0) is 0 Å². The minimum atomic E-state index is -0.414. The van der Waals surface area contributed by atoms with E-state index in [1.807, 2.05) is 42.5 Å². The summed E-state index contributed by atoms with van der Waals surface area (Å²) in [5.74, 6) is 0.308. The molecule has 0 aliphatic rings. The molecule has 0 saturated heterocycles. The van der Waals surface area contributed by atoms with E-state index in [0.717, 1.165) is 22.0 Å². The van der Waals surface area contributed by atoms with Crippen LogP contribution in [0.5, 0.6) is 5.75 Å². The molecular weight excluding hydrogens is 302 g/mol. The molecule has 5 nitrogen and oxygen atoms in total. The molecule has 4 rings (SSSR count). The molecule has 3 aromatic heterocycles. The Morgan fingerprint density at radius 1 is 0.958 bits per heavy atom. The first kappa shape index (κ1) is 14.1. The van der Waals surface area contributed by atoms with Crippen molar-refractivity contribution >= 4 is 10.9 Å². The molecule has 24 heavy (non-hydrogen) atoms. The molecule has 0 unspecified atom stereocenters. The predicted octanol–water partition coefficient (Wildman–Crippen LogP) is 3.15. The van der Waals surface area contributed by atoms with Gasteiger partial charge in [-0.3, -0.25) is 9.78 Å². The van der Waals surface area contributed by atoms with Gasteiger partial charge in [-0.05, 0) is 35.4 Å². The molecule has 1 aromatic carbocycles. The second-order valence-corrected chi connectivity index (χ2v) is 5.38. The van der Waals surface area contributed by atoms with Crippen molar-refractivity contribution in [1.29, 1.82) is 0 Å². The Bertz CT molecular complexity index is 1100. The topological polar surface area (TPSA) is 68.0 Å². The molecular formula is C19H13N3O2. The first-order valence-corrected chi connectivity index (χ1v) is 7.44. The monoisotopic (exact) mass is 315 g/mol. The van der Waals surface area contributed by atoms with E-state index in [0.29, 0.717) is 5.82 Å². The average molecular weight is 315 g/mol. The van der Waals surface area contributed by atoms with E-state index in [4.69, 9.17) is 0 Å². The number of nitrogens with zero attached hydrogens (tertiary/aromatic N) is 3. The Morgan fingerprint density at radius 2 is 1.88 bits per heavy atom. The van der Waals surface area contributed by atoms with Gasteiger partial charge < -0.3 is 9.67 Å². The number of aromatic nitrogens is 3. The Morgan fingerprint density at radius 3 is 2.75 bits per heavy atom. The third kappa shape index (κ3) is 2.42. The number of rotatable bonds is 2. The van der Waals surface area contributed by atoms with Gasteiger partial charge >= 0.3 is 0 Å². The fourth-order valence-corrected chi connectivity index (χ4v) is 2.70. The lowest BCUT2D eigenvalue weighted by Crippen LogP contribution is -2.04. The van der Waals surface area contributed by atoms with Crippen LogP contribution < -0.4 is 5.43 Å². The third-order valence-corrected chi connectivity index (χ3v) is 3.87. The lowest BCUT2D eigenvalue weighted by Gasteiger charge is -2.10. The van der Waals surface area contributed by atoms with Crippen LogP contribution in [0, 0.1) is 0 Å². The smallest absolute Gasteiger partial charge is 0.223 e. The Labute approximate surface area is 137 Å². The van der Waals surface area contributed by atoms with Crippen molar-refractivity contribution in [2.45, 2.75) is 0 Å². The van der Waals surface area contributed by atoms with E-state index in [9.17, 15) is 9.90 Å². The van der Waals surface area contributed by atoms with Crippen LogP contribution in [0.15, 0.2) is 78.1 Å². The molecule has 0 spiro atoms. The summed E-state index contributed by atoms with van der Waals surface area (Å²) in [5.41, 5.74) is 2.54. The summed E-state index contributed by atoms with van der Waals surface area (Å²) < 4.78 is 1.61. The van der Waals surface area contributed by atoms with Crippen molar-refractivity contribution < 1.29 is 5.11 Å². The fraction of sp³-hybridized carbons (Fsp3) is 0. The van der Waals surface area contributed by atoms with E-state index < -0.39 is 5.43 Å². The van der Waals surface area contributed by atoms with E-state index >= 15 is 0 Å². The van der Waals surface area contributed by atoms with Crippen molar-refractivity contribution in [1.82, 2.24) is 14.5 Å². The van der Waals surface area contributed by atoms with Crippen LogP contribution in [0.25, 0.3) is 27.8 Å².